The van der Waals surface area contributed by atoms with E-state index in [1.165, 1.54) is 83.5 Å². The monoisotopic (exact) mass is 410 g/mol. The van der Waals surface area contributed by atoms with Crippen LogP contribution in [0.15, 0.2) is 0 Å². The molecular weight excluding hydrogens is 373 g/mol. The Hall–Kier alpha value is 1.30. The van der Waals surface area contributed by atoms with Gasteiger partial charge in [-0.05, 0) is 6.42 Å². The summed E-state index contributed by atoms with van der Waals surface area (Å²) in [6.45, 7) is 2.65. The third kappa shape index (κ3) is 36.9. The van der Waals surface area contributed by atoms with Crippen molar-refractivity contribution in [1.82, 2.24) is 0 Å². The summed E-state index contributed by atoms with van der Waals surface area (Å²) in [5.74, 6) is 0. The van der Waals surface area contributed by atoms with Gasteiger partial charge in [0.15, 0.2) is 0 Å². The molecular formula is C16H37NaO6P2. The van der Waals surface area contributed by atoms with Crippen LogP contribution in [0.3, 0.4) is 0 Å². The standard InChI is InChI=1S/C16H34O.Na.H4O5P2/c1-2-3-4-5-6-7-8-9-10-11-12-13-14-15-16-17;;1-6(2)5-7(3)4/h17H,2-16H2,1H3;;6-7H,(H,1,2)(H,3,4)/q;+1;/p-1. The molecule has 2 unspecified atom stereocenters. The molecule has 0 amide bonds. The molecule has 148 valence electrons. The van der Waals surface area contributed by atoms with E-state index in [9.17, 15) is 14.0 Å². The van der Waals surface area contributed by atoms with Crippen LogP contribution in [0.25, 0.3) is 0 Å². The maximum atomic E-state index is 9.40. The second-order valence-electron chi connectivity index (χ2n) is 5.94. The third-order valence-corrected chi connectivity index (χ3v) is 5.05. The van der Waals surface area contributed by atoms with Crippen LogP contribution >= 0.6 is 16.5 Å². The summed E-state index contributed by atoms with van der Waals surface area (Å²) in [5, 5.41) is 8.64. The minimum Gasteiger partial charge on any atom is -0.781 e. The molecule has 0 bridgehead atoms. The zero-order valence-electron chi connectivity index (χ0n) is 16.1. The van der Waals surface area contributed by atoms with E-state index < -0.39 is 16.5 Å². The molecule has 6 nitrogen and oxygen atoms in total. The fourth-order valence-corrected chi connectivity index (χ4v) is 2.95. The molecule has 0 fully saturated rings. The van der Waals surface area contributed by atoms with Crippen molar-refractivity contribution in [2.75, 3.05) is 6.61 Å². The van der Waals surface area contributed by atoms with Gasteiger partial charge in [-0.15, -0.1) is 0 Å². The average Bonchev–Trinajstić information content (AvgIpc) is 2.51. The Labute approximate surface area is 177 Å². The molecule has 0 spiro atoms. The van der Waals surface area contributed by atoms with Crippen molar-refractivity contribution >= 4 is 16.5 Å². The molecule has 0 radical (unpaired) electrons. The van der Waals surface area contributed by atoms with Gasteiger partial charge < -0.3 is 19.5 Å². The molecule has 0 aliphatic carbocycles. The van der Waals surface area contributed by atoms with E-state index in [2.05, 4.69) is 11.2 Å². The van der Waals surface area contributed by atoms with E-state index in [4.69, 9.17) is 10.00 Å². The average molecular weight is 410 g/mol. The van der Waals surface area contributed by atoms with Gasteiger partial charge in [0, 0.05) is 6.61 Å². The molecule has 2 N–H and O–H groups in total. The second kappa shape index (κ2) is 27.5. The van der Waals surface area contributed by atoms with E-state index >= 15 is 0 Å². The molecule has 25 heavy (non-hydrogen) atoms. The van der Waals surface area contributed by atoms with Gasteiger partial charge in [0.2, 0.25) is 0 Å². The van der Waals surface area contributed by atoms with Gasteiger partial charge in [-0.2, -0.15) is 0 Å². The summed E-state index contributed by atoms with van der Waals surface area (Å²) in [6, 6.07) is 0. The maximum absolute atomic E-state index is 9.40. The van der Waals surface area contributed by atoms with Crippen LogP contribution in [-0.2, 0) is 13.4 Å². The van der Waals surface area contributed by atoms with Gasteiger partial charge in [0.1, 0.15) is 8.25 Å². The van der Waals surface area contributed by atoms with Crippen LogP contribution in [0.2, 0.25) is 0 Å². The number of aliphatic hydroxyl groups is 1. The first-order chi connectivity index (χ1) is 11.5. The first-order valence-electron chi connectivity index (χ1n) is 9.27. The normalized spacial score (nSPS) is 12.6. The summed E-state index contributed by atoms with van der Waals surface area (Å²) < 4.78 is 22.1. The summed E-state index contributed by atoms with van der Waals surface area (Å²) in [4.78, 5) is 17.0. The van der Waals surface area contributed by atoms with Crippen molar-refractivity contribution in [1.29, 1.82) is 0 Å². The van der Waals surface area contributed by atoms with E-state index in [1.54, 1.807) is 0 Å². The van der Waals surface area contributed by atoms with Crippen molar-refractivity contribution in [3.63, 3.8) is 0 Å². The number of unbranched alkanes of at least 4 members (excludes halogenated alkanes) is 13. The van der Waals surface area contributed by atoms with Gasteiger partial charge in [0.25, 0.3) is 0 Å². The smallest absolute Gasteiger partial charge is 0.781 e. The van der Waals surface area contributed by atoms with E-state index in [0.29, 0.717) is 6.61 Å². The molecule has 0 aromatic rings. The van der Waals surface area contributed by atoms with Gasteiger partial charge in [-0.1, -0.05) is 90.4 Å². The molecule has 0 saturated carbocycles. The van der Waals surface area contributed by atoms with E-state index in [1.807, 2.05) is 0 Å². The van der Waals surface area contributed by atoms with Crippen molar-refractivity contribution in [2.45, 2.75) is 96.8 Å². The maximum Gasteiger partial charge on any atom is 1.00 e. The largest absolute Gasteiger partial charge is 1.00 e. The zero-order valence-corrected chi connectivity index (χ0v) is 20.1. The van der Waals surface area contributed by atoms with Gasteiger partial charge in [-0.25, -0.2) is 0 Å². The van der Waals surface area contributed by atoms with Crippen molar-refractivity contribution in [3.05, 3.63) is 0 Å². The van der Waals surface area contributed by atoms with Crippen LogP contribution < -0.4 is 34.5 Å². The number of rotatable bonds is 16. The Balaban J connectivity index is -0.000000513. The first kappa shape index (κ1) is 31.0. The van der Waals surface area contributed by atoms with Crippen LogP contribution in [0.5, 0.6) is 0 Å². The van der Waals surface area contributed by atoms with Gasteiger partial charge >= 0.3 is 37.8 Å². The van der Waals surface area contributed by atoms with Crippen molar-refractivity contribution < 1.29 is 57.9 Å². The van der Waals surface area contributed by atoms with Crippen LogP contribution in [0.1, 0.15) is 96.8 Å². The molecule has 0 rings (SSSR count). The minimum atomic E-state index is -3.45. The Bertz CT molecular complexity index is 270. The summed E-state index contributed by atoms with van der Waals surface area (Å²) in [6.07, 6.45) is 19.2. The van der Waals surface area contributed by atoms with Gasteiger partial charge in [-0.3, -0.25) is 8.88 Å². The van der Waals surface area contributed by atoms with Gasteiger partial charge in [0.05, 0.1) is 0 Å². The molecule has 0 heterocycles. The molecule has 0 aromatic heterocycles. The second-order valence-corrected chi connectivity index (χ2v) is 7.79. The number of hydrogen-bond donors (Lipinski definition) is 2. The molecule has 2 atom stereocenters. The Morgan fingerprint density at radius 1 is 0.760 bits per heavy atom. The molecule has 9 heteroatoms. The SMILES string of the molecule is CCCCCCCCCCCCCCCCO.O=[PH]([O-])O[PH](=O)O.[Na+]. The quantitative estimate of drug-likeness (QED) is 0.227. The zero-order chi connectivity index (χ0) is 18.5. The molecule has 0 saturated heterocycles. The van der Waals surface area contributed by atoms with E-state index in [0.717, 1.165) is 6.42 Å². The molecule has 0 aromatic carbocycles. The topological polar surface area (TPSA) is 107 Å². The van der Waals surface area contributed by atoms with Crippen LogP contribution in [0, 0.1) is 0 Å². The Morgan fingerprint density at radius 2 is 1.08 bits per heavy atom. The third-order valence-electron chi connectivity index (χ3n) is 3.68. The Morgan fingerprint density at radius 3 is 1.28 bits per heavy atom. The summed E-state index contributed by atoms with van der Waals surface area (Å²) >= 11 is 0. The van der Waals surface area contributed by atoms with Crippen molar-refractivity contribution in [3.8, 4) is 0 Å². The van der Waals surface area contributed by atoms with Crippen LogP contribution in [0.4, 0.5) is 0 Å². The number of hydrogen-bond acceptors (Lipinski definition) is 5. The van der Waals surface area contributed by atoms with Crippen LogP contribution in [-0.4, -0.2) is 16.6 Å². The molecule has 0 aliphatic heterocycles. The minimum absolute atomic E-state index is 0. The predicted molar refractivity (Wildman–Crippen MR) is 98.7 cm³/mol. The first-order valence-corrected chi connectivity index (χ1v) is 11.8. The fourth-order valence-electron chi connectivity index (χ4n) is 2.38. The Kier molecular flexibility index (Phi) is 34.1. The fraction of sp³-hybridized carbons (Fsp3) is 1.00. The molecule has 0 aliphatic rings. The summed E-state index contributed by atoms with van der Waals surface area (Å²) in [5.41, 5.74) is 0. The summed E-state index contributed by atoms with van der Waals surface area (Å²) in [7, 11) is -6.72. The predicted octanol–water partition coefficient (Wildman–Crippen LogP) is 1.60. The number of aliphatic hydroxyl groups excluding tert-OH is 1. The van der Waals surface area contributed by atoms with Crippen molar-refractivity contribution in [2.24, 2.45) is 0 Å². The van der Waals surface area contributed by atoms with E-state index in [-0.39, 0.29) is 29.6 Å².